The molecule has 8 nitrogen and oxygen atoms in total. The number of carbonyl (C=O) groups is 1. The van der Waals surface area contributed by atoms with E-state index in [1.807, 2.05) is 20.9 Å². The molecule has 0 radical (unpaired) electrons. The van der Waals surface area contributed by atoms with Gasteiger partial charge in [-0.1, -0.05) is 0 Å². The maximum absolute atomic E-state index is 12.6. The van der Waals surface area contributed by atoms with Crippen LogP contribution in [-0.2, 0) is 14.8 Å². The summed E-state index contributed by atoms with van der Waals surface area (Å²) in [5, 5.41) is 3.16. The van der Waals surface area contributed by atoms with Crippen LogP contribution < -0.4 is 19.5 Å². The number of halogens is 1. The summed E-state index contributed by atoms with van der Waals surface area (Å²) < 4.78 is 38.5. The van der Waals surface area contributed by atoms with Crippen LogP contribution >= 0.6 is 12.4 Å². The van der Waals surface area contributed by atoms with Crippen LogP contribution in [0.15, 0.2) is 23.1 Å². The van der Waals surface area contributed by atoms with E-state index in [1.165, 1.54) is 12.1 Å². The summed E-state index contributed by atoms with van der Waals surface area (Å²) in [6, 6.07) is 4.67. The number of piperidine rings is 1. The molecule has 1 fully saturated rings. The minimum atomic E-state index is -3.83. The van der Waals surface area contributed by atoms with E-state index in [1.54, 1.807) is 11.0 Å². The fourth-order valence-corrected chi connectivity index (χ4v) is 3.98. The number of benzene rings is 1. The first kappa shape index (κ1) is 24.5. The number of likely N-dealkylation sites (tertiary alicyclic amines) is 1. The maximum Gasteiger partial charge on any atom is 0.241 e. The Bertz CT molecular complexity index is 745. The summed E-state index contributed by atoms with van der Waals surface area (Å²) in [5.41, 5.74) is 0. The van der Waals surface area contributed by atoms with Gasteiger partial charge in [-0.05, 0) is 45.9 Å². The minimum Gasteiger partial charge on any atom is -0.490 e. The molecule has 1 aliphatic rings. The standard InChI is InChI=1S/C18H29N3O5S.ClH/c1-4-25-16-9-8-15(11-17(16)26-5-2)27(23,24)20-12-18(22)21-10-6-7-14(13-21)19-3;/h8-9,11,14,19-20H,4-7,10,12-13H2,1-3H3;1H. The first-order valence-corrected chi connectivity index (χ1v) is 10.7. The molecule has 2 rings (SSSR count). The van der Waals surface area contributed by atoms with Gasteiger partial charge in [-0.2, -0.15) is 0 Å². The van der Waals surface area contributed by atoms with Gasteiger partial charge >= 0.3 is 0 Å². The highest BCUT2D eigenvalue weighted by Crippen LogP contribution is 2.30. The summed E-state index contributed by atoms with van der Waals surface area (Å²) >= 11 is 0. The van der Waals surface area contributed by atoms with Gasteiger partial charge in [-0.15, -0.1) is 12.4 Å². The second-order valence-corrected chi connectivity index (χ2v) is 8.03. The molecule has 1 aromatic rings. The highest BCUT2D eigenvalue weighted by molar-refractivity contribution is 7.89. The van der Waals surface area contributed by atoms with E-state index in [9.17, 15) is 13.2 Å². The van der Waals surface area contributed by atoms with E-state index in [2.05, 4.69) is 10.0 Å². The van der Waals surface area contributed by atoms with Crippen molar-refractivity contribution in [2.24, 2.45) is 0 Å². The Labute approximate surface area is 173 Å². The highest BCUT2D eigenvalue weighted by atomic mass is 35.5. The molecule has 1 aliphatic heterocycles. The molecule has 160 valence electrons. The fraction of sp³-hybridized carbons (Fsp3) is 0.611. The summed E-state index contributed by atoms with van der Waals surface area (Å²) in [6.45, 7) is 5.46. The SMILES string of the molecule is CCOc1ccc(S(=O)(=O)NCC(=O)N2CCCC(NC)C2)cc1OCC.Cl. The van der Waals surface area contributed by atoms with Crippen molar-refractivity contribution in [1.29, 1.82) is 0 Å². The van der Waals surface area contributed by atoms with Crippen molar-refractivity contribution in [1.82, 2.24) is 14.9 Å². The van der Waals surface area contributed by atoms with Crippen molar-refractivity contribution in [3.63, 3.8) is 0 Å². The van der Waals surface area contributed by atoms with Gasteiger partial charge < -0.3 is 19.7 Å². The third-order valence-electron chi connectivity index (χ3n) is 4.42. The normalized spacial score (nSPS) is 17.0. The molecule has 28 heavy (non-hydrogen) atoms. The topological polar surface area (TPSA) is 97.0 Å². The number of hydrogen-bond donors (Lipinski definition) is 2. The molecule has 1 aromatic carbocycles. The molecular weight excluding hydrogens is 406 g/mol. The Hall–Kier alpha value is -1.55. The Kier molecular flexibility index (Phi) is 10.0. The third-order valence-corrected chi connectivity index (χ3v) is 5.82. The Morgan fingerprint density at radius 2 is 1.89 bits per heavy atom. The van der Waals surface area contributed by atoms with Crippen molar-refractivity contribution >= 4 is 28.3 Å². The number of nitrogens with one attached hydrogen (secondary N) is 2. The number of ether oxygens (including phenoxy) is 2. The van der Waals surface area contributed by atoms with E-state index in [0.717, 1.165) is 12.8 Å². The molecule has 1 unspecified atom stereocenters. The van der Waals surface area contributed by atoms with Crippen molar-refractivity contribution in [3.05, 3.63) is 18.2 Å². The lowest BCUT2D eigenvalue weighted by Crippen LogP contribution is -2.49. The van der Waals surface area contributed by atoms with E-state index in [4.69, 9.17) is 9.47 Å². The van der Waals surface area contributed by atoms with Gasteiger partial charge in [0, 0.05) is 25.2 Å². The van der Waals surface area contributed by atoms with Gasteiger partial charge in [-0.25, -0.2) is 13.1 Å². The first-order chi connectivity index (χ1) is 12.9. The van der Waals surface area contributed by atoms with Gasteiger partial charge in [0.1, 0.15) is 0 Å². The average molecular weight is 436 g/mol. The number of likely N-dealkylation sites (N-methyl/N-ethyl adjacent to an activating group) is 1. The smallest absolute Gasteiger partial charge is 0.241 e. The molecule has 1 heterocycles. The molecule has 10 heteroatoms. The number of amides is 1. The van der Waals surface area contributed by atoms with E-state index in [-0.39, 0.29) is 35.8 Å². The summed E-state index contributed by atoms with van der Waals surface area (Å²) in [6.07, 6.45) is 1.92. The van der Waals surface area contributed by atoms with Gasteiger partial charge in [0.15, 0.2) is 11.5 Å². The van der Waals surface area contributed by atoms with Crippen molar-refractivity contribution < 1.29 is 22.7 Å². The van der Waals surface area contributed by atoms with Crippen LogP contribution in [0.3, 0.4) is 0 Å². The molecule has 2 N–H and O–H groups in total. The van der Waals surface area contributed by atoms with E-state index < -0.39 is 10.0 Å². The molecule has 0 spiro atoms. The molecule has 0 aromatic heterocycles. The van der Waals surface area contributed by atoms with Crippen LogP contribution in [0.2, 0.25) is 0 Å². The first-order valence-electron chi connectivity index (χ1n) is 9.25. The van der Waals surface area contributed by atoms with Crippen molar-refractivity contribution in [2.45, 2.75) is 37.6 Å². The summed E-state index contributed by atoms with van der Waals surface area (Å²) in [4.78, 5) is 14.1. The zero-order valence-electron chi connectivity index (χ0n) is 16.6. The fourth-order valence-electron chi connectivity index (χ4n) is 2.99. The number of nitrogens with zero attached hydrogens (tertiary/aromatic N) is 1. The number of carbonyl (C=O) groups excluding carboxylic acids is 1. The van der Waals surface area contributed by atoms with Crippen LogP contribution in [-0.4, -0.2) is 65.2 Å². The zero-order valence-corrected chi connectivity index (χ0v) is 18.2. The zero-order chi connectivity index (χ0) is 19.9. The maximum atomic E-state index is 12.6. The highest BCUT2D eigenvalue weighted by Gasteiger charge is 2.24. The average Bonchev–Trinajstić information content (AvgIpc) is 2.67. The monoisotopic (exact) mass is 435 g/mol. The van der Waals surface area contributed by atoms with E-state index >= 15 is 0 Å². The summed E-state index contributed by atoms with van der Waals surface area (Å²) in [5.74, 6) is 0.622. The molecule has 0 aliphatic carbocycles. The largest absolute Gasteiger partial charge is 0.490 e. The Morgan fingerprint density at radius 3 is 2.54 bits per heavy atom. The van der Waals surface area contributed by atoms with Crippen LogP contribution in [0.4, 0.5) is 0 Å². The van der Waals surface area contributed by atoms with Crippen LogP contribution in [0.25, 0.3) is 0 Å². The lowest BCUT2D eigenvalue weighted by Gasteiger charge is -2.32. The summed E-state index contributed by atoms with van der Waals surface area (Å²) in [7, 11) is -1.97. The van der Waals surface area contributed by atoms with Crippen LogP contribution in [0.1, 0.15) is 26.7 Å². The predicted octanol–water partition coefficient (Wildman–Crippen LogP) is 1.39. The lowest BCUT2D eigenvalue weighted by atomic mass is 10.1. The predicted molar refractivity (Wildman–Crippen MR) is 110 cm³/mol. The number of sulfonamides is 1. The molecular formula is C18H30ClN3O5S. The van der Waals surface area contributed by atoms with Gasteiger partial charge in [0.05, 0.1) is 24.7 Å². The molecule has 1 saturated heterocycles. The van der Waals surface area contributed by atoms with Gasteiger partial charge in [0.2, 0.25) is 15.9 Å². The van der Waals surface area contributed by atoms with Crippen molar-refractivity contribution in [2.75, 3.05) is 39.9 Å². The van der Waals surface area contributed by atoms with Gasteiger partial charge in [-0.3, -0.25) is 4.79 Å². The van der Waals surface area contributed by atoms with Crippen LogP contribution in [0.5, 0.6) is 11.5 Å². The second kappa shape index (κ2) is 11.5. The Morgan fingerprint density at radius 1 is 1.21 bits per heavy atom. The molecule has 0 bridgehead atoms. The quantitative estimate of drug-likeness (QED) is 0.608. The molecule has 0 saturated carbocycles. The number of hydrogen-bond acceptors (Lipinski definition) is 6. The molecule has 1 amide bonds. The van der Waals surface area contributed by atoms with Gasteiger partial charge in [0.25, 0.3) is 0 Å². The van der Waals surface area contributed by atoms with E-state index in [0.29, 0.717) is 37.8 Å². The Balaban J connectivity index is 0.00000392. The van der Waals surface area contributed by atoms with Crippen molar-refractivity contribution in [3.8, 4) is 11.5 Å². The lowest BCUT2D eigenvalue weighted by molar-refractivity contribution is -0.131. The minimum absolute atomic E-state index is 0. The molecule has 1 atom stereocenters. The number of rotatable bonds is 9. The second-order valence-electron chi connectivity index (χ2n) is 6.27. The van der Waals surface area contributed by atoms with Crippen LogP contribution in [0, 0.1) is 0 Å². The third kappa shape index (κ3) is 6.51.